The van der Waals surface area contributed by atoms with Crippen LogP contribution in [-0.2, 0) is 16.1 Å². The van der Waals surface area contributed by atoms with Gasteiger partial charge in [0.25, 0.3) is 23.4 Å². The van der Waals surface area contributed by atoms with E-state index in [1.807, 2.05) is 0 Å². The van der Waals surface area contributed by atoms with Crippen molar-refractivity contribution >= 4 is 35.1 Å². The van der Waals surface area contributed by atoms with E-state index in [4.69, 9.17) is 9.47 Å². The number of esters is 1. The first-order valence-electron chi connectivity index (χ1n) is 10.6. The third-order valence-electron chi connectivity index (χ3n) is 5.38. The van der Waals surface area contributed by atoms with Gasteiger partial charge in [-0.2, -0.15) is 0 Å². The van der Waals surface area contributed by atoms with E-state index in [0.29, 0.717) is 16.7 Å². The second-order valence-electron chi connectivity index (χ2n) is 7.71. The predicted molar refractivity (Wildman–Crippen MR) is 126 cm³/mol. The third kappa shape index (κ3) is 4.89. The number of hydrogen-bond acceptors (Lipinski definition) is 8. The molecule has 11 nitrogen and oxygen atoms in total. The average Bonchev–Trinajstić information content (AvgIpc) is 3.12. The first-order valence-corrected chi connectivity index (χ1v) is 10.6. The van der Waals surface area contributed by atoms with Crippen molar-refractivity contribution in [3.8, 4) is 5.75 Å². The van der Waals surface area contributed by atoms with Crippen molar-refractivity contribution in [1.29, 1.82) is 0 Å². The maximum absolute atomic E-state index is 12.7. The van der Waals surface area contributed by atoms with Crippen LogP contribution in [-0.4, -0.2) is 47.2 Å². The van der Waals surface area contributed by atoms with E-state index in [0.717, 1.165) is 4.90 Å². The molecule has 3 aromatic carbocycles. The quantitative estimate of drug-likeness (QED) is 0.220. The van der Waals surface area contributed by atoms with Gasteiger partial charge in [-0.15, -0.1) is 0 Å². The first kappa shape index (κ1) is 24.1. The smallest absolute Gasteiger partial charge is 0.342 e. The number of fused-ring (bicyclic) bond motifs is 1. The normalized spacial score (nSPS) is 12.2. The number of amides is 3. The Morgan fingerprint density at radius 1 is 0.972 bits per heavy atom. The lowest BCUT2D eigenvalue weighted by Crippen LogP contribution is -2.29. The van der Waals surface area contributed by atoms with Gasteiger partial charge in [0.2, 0.25) is 0 Å². The molecule has 36 heavy (non-hydrogen) atoms. The van der Waals surface area contributed by atoms with Gasteiger partial charge in [0.1, 0.15) is 11.3 Å². The summed E-state index contributed by atoms with van der Waals surface area (Å²) in [5.41, 5.74) is 1.05. The molecule has 0 saturated heterocycles. The summed E-state index contributed by atoms with van der Waals surface area (Å²) in [6.07, 6.45) is 0. The SMILES string of the molecule is COc1ccc(CN2C(=O)c3ccccc3C2=O)cc1C(=O)OCC(=O)Nc1cccc([N+](=O)[O-])c1. The molecule has 0 bridgehead atoms. The lowest BCUT2D eigenvalue weighted by Gasteiger charge is -2.16. The standard InChI is InChI=1S/C25H19N3O8/c1-35-21-10-9-15(13-27-23(30)18-7-2-3-8-19(18)24(27)31)11-20(21)25(32)36-14-22(29)26-16-5-4-6-17(12-16)28(33)34/h2-12H,13-14H2,1H3,(H,26,29). The monoisotopic (exact) mass is 489 g/mol. The number of nitrogens with one attached hydrogen (secondary N) is 1. The molecule has 0 saturated carbocycles. The van der Waals surface area contributed by atoms with Gasteiger partial charge in [0.15, 0.2) is 6.61 Å². The third-order valence-corrected chi connectivity index (χ3v) is 5.38. The number of carbonyl (C=O) groups is 4. The van der Waals surface area contributed by atoms with E-state index in [1.165, 1.54) is 43.5 Å². The van der Waals surface area contributed by atoms with Gasteiger partial charge < -0.3 is 14.8 Å². The molecule has 0 aromatic heterocycles. The van der Waals surface area contributed by atoms with Gasteiger partial charge in [0.05, 0.1) is 29.7 Å². The van der Waals surface area contributed by atoms with Crippen LogP contribution in [0.3, 0.4) is 0 Å². The molecule has 3 aromatic rings. The fourth-order valence-corrected chi connectivity index (χ4v) is 3.68. The van der Waals surface area contributed by atoms with Crippen molar-refractivity contribution in [2.75, 3.05) is 19.0 Å². The zero-order valence-corrected chi connectivity index (χ0v) is 18.9. The number of ether oxygens (including phenoxy) is 2. The minimum absolute atomic E-state index is 0.00485. The van der Waals surface area contributed by atoms with Gasteiger partial charge in [-0.1, -0.05) is 24.3 Å². The molecule has 0 spiro atoms. The van der Waals surface area contributed by atoms with Crippen LogP contribution >= 0.6 is 0 Å². The molecule has 0 fully saturated rings. The second-order valence-corrected chi connectivity index (χ2v) is 7.71. The molecule has 1 N–H and O–H groups in total. The molecular weight excluding hydrogens is 470 g/mol. The molecule has 0 radical (unpaired) electrons. The molecule has 4 rings (SSSR count). The van der Waals surface area contributed by atoms with Gasteiger partial charge >= 0.3 is 5.97 Å². The number of non-ortho nitro benzene ring substituents is 1. The number of imide groups is 1. The van der Waals surface area contributed by atoms with E-state index in [2.05, 4.69) is 5.32 Å². The zero-order chi connectivity index (χ0) is 25.8. The van der Waals surface area contributed by atoms with Crippen LogP contribution < -0.4 is 10.1 Å². The van der Waals surface area contributed by atoms with Gasteiger partial charge in [-0.3, -0.25) is 29.4 Å². The second kappa shape index (κ2) is 10.1. The van der Waals surface area contributed by atoms with Gasteiger partial charge in [-0.25, -0.2) is 4.79 Å². The molecule has 0 unspecified atom stereocenters. The van der Waals surface area contributed by atoms with E-state index in [1.54, 1.807) is 30.3 Å². The minimum Gasteiger partial charge on any atom is -0.496 e. The summed E-state index contributed by atoms with van der Waals surface area (Å²) < 4.78 is 10.3. The summed E-state index contributed by atoms with van der Waals surface area (Å²) >= 11 is 0. The van der Waals surface area contributed by atoms with Crippen LogP contribution in [0.25, 0.3) is 0 Å². The van der Waals surface area contributed by atoms with E-state index in [9.17, 15) is 29.3 Å². The van der Waals surface area contributed by atoms with Crippen molar-refractivity contribution in [1.82, 2.24) is 4.90 Å². The maximum atomic E-state index is 12.7. The number of nitrogens with zero attached hydrogens (tertiary/aromatic N) is 2. The maximum Gasteiger partial charge on any atom is 0.342 e. The summed E-state index contributed by atoms with van der Waals surface area (Å²) in [6.45, 7) is -0.739. The van der Waals surface area contributed by atoms with Crippen LogP contribution in [0.1, 0.15) is 36.6 Å². The van der Waals surface area contributed by atoms with Crippen LogP contribution in [0.5, 0.6) is 5.75 Å². The number of benzene rings is 3. The van der Waals surface area contributed by atoms with Crippen molar-refractivity contribution < 1.29 is 33.6 Å². The molecule has 1 aliphatic rings. The molecule has 3 amide bonds. The molecule has 0 aliphatic carbocycles. The Morgan fingerprint density at radius 3 is 2.31 bits per heavy atom. The highest BCUT2D eigenvalue weighted by molar-refractivity contribution is 6.21. The van der Waals surface area contributed by atoms with Crippen molar-refractivity contribution in [2.45, 2.75) is 6.54 Å². The molecule has 1 heterocycles. The Labute approximate surface area is 204 Å². The number of hydrogen-bond donors (Lipinski definition) is 1. The summed E-state index contributed by atoms with van der Waals surface area (Å²) in [6, 6.07) is 16.3. The van der Waals surface area contributed by atoms with Gasteiger partial charge in [0, 0.05) is 17.8 Å². The van der Waals surface area contributed by atoms with E-state index < -0.39 is 35.2 Å². The summed E-state index contributed by atoms with van der Waals surface area (Å²) in [4.78, 5) is 61.5. The molecule has 0 atom stereocenters. The van der Waals surface area contributed by atoms with Crippen LogP contribution in [0.2, 0.25) is 0 Å². The van der Waals surface area contributed by atoms with Crippen LogP contribution in [0.15, 0.2) is 66.7 Å². The molecule has 1 aliphatic heterocycles. The van der Waals surface area contributed by atoms with E-state index in [-0.39, 0.29) is 29.2 Å². The van der Waals surface area contributed by atoms with Crippen LogP contribution in [0, 0.1) is 10.1 Å². The topological polar surface area (TPSA) is 145 Å². The lowest BCUT2D eigenvalue weighted by atomic mass is 10.1. The highest BCUT2D eigenvalue weighted by Crippen LogP contribution is 2.27. The number of nitro groups is 1. The predicted octanol–water partition coefficient (Wildman–Crippen LogP) is 3.20. The highest BCUT2D eigenvalue weighted by atomic mass is 16.6. The van der Waals surface area contributed by atoms with Gasteiger partial charge in [-0.05, 0) is 35.9 Å². The fourth-order valence-electron chi connectivity index (χ4n) is 3.68. The Morgan fingerprint density at radius 2 is 1.67 bits per heavy atom. The number of carbonyl (C=O) groups excluding carboxylic acids is 4. The van der Waals surface area contributed by atoms with Crippen molar-refractivity contribution in [3.63, 3.8) is 0 Å². The van der Waals surface area contributed by atoms with E-state index >= 15 is 0 Å². The largest absolute Gasteiger partial charge is 0.496 e. The average molecular weight is 489 g/mol. The van der Waals surface area contributed by atoms with Crippen molar-refractivity contribution in [3.05, 3.63) is 99.1 Å². The minimum atomic E-state index is -0.870. The number of methoxy groups -OCH3 is 1. The fraction of sp³-hybridized carbons (Fsp3) is 0.120. The summed E-state index contributed by atoms with van der Waals surface area (Å²) in [7, 11) is 1.35. The number of nitro benzene ring substituents is 1. The van der Waals surface area contributed by atoms with Crippen molar-refractivity contribution in [2.24, 2.45) is 0 Å². The number of rotatable bonds is 8. The number of anilines is 1. The van der Waals surface area contributed by atoms with Crippen LogP contribution in [0.4, 0.5) is 11.4 Å². The highest BCUT2D eigenvalue weighted by Gasteiger charge is 2.35. The Balaban J connectivity index is 1.43. The zero-order valence-electron chi connectivity index (χ0n) is 18.9. The Bertz CT molecular complexity index is 1370. The summed E-state index contributed by atoms with van der Waals surface area (Å²) in [5.74, 6) is -2.28. The molecular formula is C25H19N3O8. The Kier molecular flexibility index (Phi) is 6.72. The first-order chi connectivity index (χ1) is 17.3. The summed E-state index contributed by atoms with van der Waals surface area (Å²) in [5, 5.41) is 13.3. The molecule has 11 heteroatoms. The molecule has 182 valence electrons. The Hall–Kier alpha value is -5.06. The lowest BCUT2D eigenvalue weighted by molar-refractivity contribution is -0.384.